The zero-order chi connectivity index (χ0) is 5.82. The van der Waals surface area contributed by atoms with Crippen molar-refractivity contribution in [2.75, 3.05) is 20.3 Å². The molecule has 0 amide bonds. The summed E-state index contributed by atoms with van der Waals surface area (Å²) < 4.78 is 5.05. The van der Waals surface area contributed by atoms with E-state index >= 15 is 0 Å². The molecule has 1 N–H and O–H groups in total. The molecule has 0 radical (unpaired) electrons. The second kappa shape index (κ2) is 3.02. The van der Waals surface area contributed by atoms with Crippen LogP contribution in [0.5, 0.6) is 0 Å². The first-order valence-electron chi connectivity index (χ1n) is 2.81. The molecule has 48 valence electrons. The molecule has 1 heterocycles. The van der Waals surface area contributed by atoms with Crippen molar-refractivity contribution in [1.82, 2.24) is 5.48 Å². The van der Waals surface area contributed by atoms with Gasteiger partial charge in [-0.15, -0.1) is 0 Å². The van der Waals surface area contributed by atoms with Crippen molar-refractivity contribution < 1.29 is 9.57 Å². The average Bonchev–Trinajstić information content (AvgIpc) is 1.90. The van der Waals surface area contributed by atoms with Crippen LogP contribution < -0.4 is 5.48 Å². The van der Waals surface area contributed by atoms with E-state index in [0.29, 0.717) is 6.10 Å². The van der Waals surface area contributed by atoms with Gasteiger partial charge in [0.1, 0.15) is 0 Å². The highest BCUT2D eigenvalue weighted by atomic mass is 16.6. The van der Waals surface area contributed by atoms with Crippen molar-refractivity contribution in [1.29, 1.82) is 0 Å². The van der Waals surface area contributed by atoms with E-state index in [1.165, 1.54) is 0 Å². The standard InChI is InChI=1S/C5H11NO2/c1-7-5-2-3-8-6-4-5/h5-6H,2-4H2,1H3. The van der Waals surface area contributed by atoms with E-state index in [-0.39, 0.29) is 0 Å². The number of rotatable bonds is 1. The van der Waals surface area contributed by atoms with Gasteiger partial charge < -0.3 is 9.57 Å². The second-order valence-electron chi connectivity index (χ2n) is 1.84. The van der Waals surface area contributed by atoms with Crippen LogP contribution >= 0.6 is 0 Å². The second-order valence-corrected chi connectivity index (χ2v) is 1.84. The molecule has 1 aliphatic rings. The van der Waals surface area contributed by atoms with Crippen LogP contribution in [0.1, 0.15) is 6.42 Å². The molecular formula is C5H11NO2. The maximum absolute atomic E-state index is 5.05. The molecule has 1 rings (SSSR count). The number of hydroxylamine groups is 1. The van der Waals surface area contributed by atoms with Crippen LogP contribution in [0.3, 0.4) is 0 Å². The maximum atomic E-state index is 5.05. The Bertz CT molecular complexity index is 61.4. The van der Waals surface area contributed by atoms with Crippen LogP contribution in [0.4, 0.5) is 0 Å². The van der Waals surface area contributed by atoms with Crippen molar-refractivity contribution in [3.8, 4) is 0 Å². The molecule has 0 aromatic heterocycles. The van der Waals surface area contributed by atoms with E-state index in [4.69, 9.17) is 9.57 Å². The number of hydrogen-bond donors (Lipinski definition) is 1. The summed E-state index contributed by atoms with van der Waals surface area (Å²) in [5, 5.41) is 0. The van der Waals surface area contributed by atoms with Gasteiger partial charge in [-0.2, -0.15) is 5.48 Å². The van der Waals surface area contributed by atoms with Gasteiger partial charge in [-0.05, 0) is 0 Å². The molecule has 0 aromatic carbocycles. The highest BCUT2D eigenvalue weighted by Gasteiger charge is 2.10. The summed E-state index contributed by atoms with van der Waals surface area (Å²) in [5.74, 6) is 0. The predicted octanol–water partition coefficient (Wildman–Crippen LogP) is -0.0737. The molecule has 1 saturated heterocycles. The number of nitrogens with one attached hydrogen (secondary N) is 1. The SMILES string of the molecule is COC1CCONC1. The predicted molar refractivity (Wildman–Crippen MR) is 29.4 cm³/mol. The third kappa shape index (κ3) is 1.43. The number of methoxy groups -OCH3 is 1. The van der Waals surface area contributed by atoms with E-state index in [0.717, 1.165) is 19.6 Å². The van der Waals surface area contributed by atoms with Crippen LogP contribution in [0.2, 0.25) is 0 Å². The van der Waals surface area contributed by atoms with Gasteiger partial charge in [0.25, 0.3) is 0 Å². The molecule has 0 bridgehead atoms. The summed E-state index contributed by atoms with van der Waals surface area (Å²) in [4.78, 5) is 4.87. The Morgan fingerprint density at radius 1 is 1.75 bits per heavy atom. The molecule has 8 heavy (non-hydrogen) atoms. The summed E-state index contributed by atoms with van der Waals surface area (Å²) in [6.45, 7) is 1.58. The molecule has 0 aliphatic carbocycles. The summed E-state index contributed by atoms with van der Waals surface area (Å²) >= 11 is 0. The molecule has 1 fully saturated rings. The Labute approximate surface area is 48.9 Å². The van der Waals surface area contributed by atoms with Crippen LogP contribution in [-0.2, 0) is 9.57 Å². The summed E-state index contributed by atoms with van der Waals surface area (Å²) in [6, 6.07) is 0. The van der Waals surface area contributed by atoms with Crippen molar-refractivity contribution in [3.05, 3.63) is 0 Å². The molecule has 0 saturated carbocycles. The molecule has 3 nitrogen and oxygen atoms in total. The molecule has 0 aromatic rings. The maximum Gasteiger partial charge on any atom is 0.0741 e. The lowest BCUT2D eigenvalue weighted by molar-refractivity contribution is -0.0554. The molecule has 3 heteroatoms. The molecule has 1 unspecified atom stereocenters. The minimum atomic E-state index is 0.351. The first-order valence-corrected chi connectivity index (χ1v) is 2.81. The Kier molecular flexibility index (Phi) is 2.27. The Morgan fingerprint density at radius 2 is 2.62 bits per heavy atom. The van der Waals surface area contributed by atoms with Gasteiger partial charge in [-0.1, -0.05) is 0 Å². The summed E-state index contributed by atoms with van der Waals surface area (Å²) in [6.07, 6.45) is 1.35. The van der Waals surface area contributed by atoms with Gasteiger partial charge in [0.05, 0.1) is 12.7 Å². The normalized spacial score (nSPS) is 30.4. The lowest BCUT2D eigenvalue weighted by Crippen LogP contribution is -2.35. The van der Waals surface area contributed by atoms with E-state index in [2.05, 4.69) is 5.48 Å². The summed E-state index contributed by atoms with van der Waals surface area (Å²) in [5.41, 5.74) is 2.76. The van der Waals surface area contributed by atoms with Gasteiger partial charge in [0.15, 0.2) is 0 Å². The zero-order valence-corrected chi connectivity index (χ0v) is 5.02. The van der Waals surface area contributed by atoms with E-state index in [1.807, 2.05) is 0 Å². The van der Waals surface area contributed by atoms with E-state index in [1.54, 1.807) is 7.11 Å². The Morgan fingerprint density at radius 3 is 3.00 bits per heavy atom. The quantitative estimate of drug-likeness (QED) is 0.521. The Hall–Kier alpha value is -0.120. The van der Waals surface area contributed by atoms with Gasteiger partial charge in [0, 0.05) is 20.1 Å². The lowest BCUT2D eigenvalue weighted by atomic mass is 10.2. The Balaban J connectivity index is 2.13. The molecular weight excluding hydrogens is 106 g/mol. The van der Waals surface area contributed by atoms with Crippen LogP contribution in [-0.4, -0.2) is 26.4 Å². The molecule has 1 aliphatic heterocycles. The van der Waals surface area contributed by atoms with Crippen LogP contribution in [0.25, 0.3) is 0 Å². The van der Waals surface area contributed by atoms with Crippen molar-refractivity contribution >= 4 is 0 Å². The van der Waals surface area contributed by atoms with Gasteiger partial charge >= 0.3 is 0 Å². The van der Waals surface area contributed by atoms with E-state index in [9.17, 15) is 0 Å². The number of ether oxygens (including phenoxy) is 1. The lowest BCUT2D eigenvalue weighted by Gasteiger charge is -2.20. The fourth-order valence-corrected chi connectivity index (χ4v) is 0.718. The van der Waals surface area contributed by atoms with E-state index < -0.39 is 0 Å². The number of hydrogen-bond acceptors (Lipinski definition) is 3. The zero-order valence-electron chi connectivity index (χ0n) is 5.02. The fraction of sp³-hybridized carbons (Fsp3) is 1.00. The van der Waals surface area contributed by atoms with Crippen molar-refractivity contribution in [3.63, 3.8) is 0 Å². The minimum absolute atomic E-state index is 0.351. The third-order valence-electron chi connectivity index (χ3n) is 1.29. The highest BCUT2D eigenvalue weighted by molar-refractivity contribution is 4.60. The molecule has 1 atom stereocenters. The van der Waals surface area contributed by atoms with Crippen molar-refractivity contribution in [2.24, 2.45) is 0 Å². The monoisotopic (exact) mass is 117 g/mol. The smallest absolute Gasteiger partial charge is 0.0741 e. The highest BCUT2D eigenvalue weighted by Crippen LogP contribution is 1.99. The summed E-state index contributed by atoms with van der Waals surface area (Å²) in [7, 11) is 1.72. The largest absolute Gasteiger partial charge is 0.380 e. The minimum Gasteiger partial charge on any atom is -0.380 e. The first-order chi connectivity index (χ1) is 3.93. The van der Waals surface area contributed by atoms with Crippen molar-refractivity contribution in [2.45, 2.75) is 12.5 Å². The van der Waals surface area contributed by atoms with Gasteiger partial charge in [-0.25, -0.2) is 0 Å². The van der Waals surface area contributed by atoms with Gasteiger partial charge in [-0.3, -0.25) is 0 Å². The third-order valence-corrected chi connectivity index (χ3v) is 1.29. The fourth-order valence-electron chi connectivity index (χ4n) is 0.718. The van der Waals surface area contributed by atoms with Gasteiger partial charge in [0.2, 0.25) is 0 Å². The first kappa shape index (κ1) is 6.01. The average molecular weight is 117 g/mol. The molecule has 0 spiro atoms. The van der Waals surface area contributed by atoms with Crippen LogP contribution in [0.15, 0.2) is 0 Å². The van der Waals surface area contributed by atoms with Crippen LogP contribution in [0, 0.1) is 0 Å². The topological polar surface area (TPSA) is 30.5 Å².